The number of morpholine rings is 1. The molecule has 1 heterocycles. The van der Waals surface area contributed by atoms with Gasteiger partial charge in [-0.1, -0.05) is 42.5 Å². The Morgan fingerprint density at radius 1 is 0.941 bits per heavy atom. The van der Waals surface area contributed by atoms with Crippen LogP contribution in [-0.4, -0.2) is 44.2 Å². The van der Waals surface area contributed by atoms with Crippen LogP contribution in [0.5, 0.6) is 5.75 Å². The number of nitrogens with zero attached hydrogens (tertiary/aromatic N) is 1. The summed E-state index contributed by atoms with van der Waals surface area (Å²) in [4.78, 5) is 27.7. The molecular formula is C27H29N3O4. The van der Waals surface area contributed by atoms with Crippen LogP contribution >= 0.6 is 0 Å². The van der Waals surface area contributed by atoms with Gasteiger partial charge in [-0.05, 0) is 48.9 Å². The number of hydrogen-bond acceptors (Lipinski definition) is 5. The van der Waals surface area contributed by atoms with E-state index in [2.05, 4.69) is 15.5 Å². The number of hydrogen-bond donors (Lipinski definition) is 2. The summed E-state index contributed by atoms with van der Waals surface area (Å²) in [5.41, 5.74) is 3.17. The first kappa shape index (κ1) is 23.3. The number of ether oxygens (including phenoxy) is 2. The predicted molar refractivity (Wildman–Crippen MR) is 132 cm³/mol. The molecule has 0 aliphatic carbocycles. The van der Waals surface area contributed by atoms with Gasteiger partial charge in [-0.15, -0.1) is 0 Å². The third kappa shape index (κ3) is 6.14. The molecule has 0 aromatic heterocycles. The van der Waals surface area contributed by atoms with Crippen LogP contribution in [0, 0.1) is 0 Å². The Morgan fingerprint density at radius 3 is 2.35 bits per heavy atom. The summed E-state index contributed by atoms with van der Waals surface area (Å²) < 4.78 is 11.3. The monoisotopic (exact) mass is 459 g/mol. The zero-order valence-corrected chi connectivity index (χ0v) is 19.2. The molecule has 3 aromatic rings. The second kappa shape index (κ2) is 11.3. The molecule has 2 N–H and O–H groups in total. The number of nitrogens with one attached hydrogen (secondary N) is 2. The van der Waals surface area contributed by atoms with Gasteiger partial charge in [0.15, 0.2) is 6.10 Å². The second-order valence-electron chi connectivity index (χ2n) is 8.06. The van der Waals surface area contributed by atoms with Crippen LogP contribution in [0.1, 0.15) is 22.8 Å². The van der Waals surface area contributed by atoms with Gasteiger partial charge in [0.2, 0.25) is 0 Å². The summed E-state index contributed by atoms with van der Waals surface area (Å²) in [6.45, 7) is 5.22. The Hall–Kier alpha value is -3.84. The van der Waals surface area contributed by atoms with Crippen molar-refractivity contribution in [2.45, 2.75) is 19.6 Å². The molecule has 1 aliphatic heterocycles. The Balaban J connectivity index is 1.34. The van der Waals surface area contributed by atoms with Crippen LogP contribution in [0.4, 0.5) is 11.4 Å². The number of rotatable bonds is 8. The third-order valence-corrected chi connectivity index (χ3v) is 5.61. The summed E-state index contributed by atoms with van der Waals surface area (Å²) in [5, 5.41) is 5.78. The lowest BCUT2D eigenvalue weighted by Crippen LogP contribution is -2.36. The molecule has 3 aromatic carbocycles. The van der Waals surface area contributed by atoms with E-state index < -0.39 is 6.10 Å². The van der Waals surface area contributed by atoms with Gasteiger partial charge < -0.3 is 25.0 Å². The van der Waals surface area contributed by atoms with Crippen molar-refractivity contribution in [1.29, 1.82) is 0 Å². The van der Waals surface area contributed by atoms with E-state index in [1.54, 1.807) is 31.2 Å². The van der Waals surface area contributed by atoms with E-state index >= 15 is 0 Å². The molecule has 1 fully saturated rings. The maximum absolute atomic E-state index is 12.7. The number of anilines is 2. The van der Waals surface area contributed by atoms with Crippen molar-refractivity contribution in [1.82, 2.24) is 5.32 Å². The van der Waals surface area contributed by atoms with Crippen molar-refractivity contribution in [2.24, 2.45) is 0 Å². The Labute approximate surface area is 199 Å². The molecule has 0 bridgehead atoms. The molecule has 34 heavy (non-hydrogen) atoms. The number of carbonyl (C=O) groups is 2. The fourth-order valence-electron chi connectivity index (χ4n) is 3.70. The molecule has 0 spiro atoms. The van der Waals surface area contributed by atoms with Crippen molar-refractivity contribution in [3.63, 3.8) is 0 Å². The van der Waals surface area contributed by atoms with Gasteiger partial charge >= 0.3 is 0 Å². The smallest absolute Gasteiger partial charge is 0.265 e. The summed E-state index contributed by atoms with van der Waals surface area (Å²) >= 11 is 0. The lowest BCUT2D eigenvalue weighted by atomic mass is 10.1. The first-order chi connectivity index (χ1) is 16.6. The lowest BCUT2D eigenvalue weighted by molar-refractivity contribution is -0.122. The van der Waals surface area contributed by atoms with Crippen LogP contribution in [0.15, 0.2) is 78.9 Å². The predicted octanol–water partition coefficient (Wildman–Crippen LogP) is 3.86. The average molecular weight is 460 g/mol. The summed E-state index contributed by atoms with van der Waals surface area (Å²) in [5.74, 6) is -0.192. The zero-order chi connectivity index (χ0) is 23.8. The number of benzene rings is 3. The number of para-hydroxylation sites is 1. The second-order valence-corrected chi connectivity index (χ2v) is 8.06. The minimum absolute atomic E-state index is 0.259. The van der Waals surface area contributed by atoms with E-state index in [1.807, 2.05) is 54.6 Å². The topological polar surface area (TPSA) is 79.9 Å². The van der Waals surface area contributed by atoms with E-state index in [-0.39, 0.29) is 11.8 Å². The minimum Gasteiger partial charge on any atom is -0.480 e. The fourth-order valence-corrected chi connectivity index (χ4v) is 3.70. The molecule has 0 saturated carbocycles. The molecule has 1 saturated heterocycles. The van der Waals surface area contributed by atoms with Crippen molar-refractivity contribution in [3.8, 4) is 5.75 Å². The molecule has 0 unspecified atom stereocenters. The summed E-state index contributed by atoms with van der Waals surface area (Å²) in [6.07, 6.45) is -0.790. The van der Waals surface area contributed by atoms with Gasteiger partial charge in [0.1, 0.15) is 5.75 Å². The Kier molecular flexibility index (Phi) is 7.78. The van der Waals surface area contributed by atoms with Crippen molar-refractivity contribution >= 4 is 23.2 Å². The van der Waals surface area contributed by atoms with Gasteiger partial charge in [0.25, 0.3) is 11.8 Å². The van der Waals surface area contributed by atoms with E-state index in [0.717, 1.165) is 37.6 Å². The van der Waals surface area contributed by atoms with Gasteiger partial charge in [0.05, 0.1) is 18.8 Å². The molecule has 1 aliphatic rings. The maximum Gasteiger partial charge on any atom is 0.265 e. The van der Waals surface area contributed by atoms with E-state index in [9.17, 15) is 9.59 Å². The Bertz CT molecular complexity index is 1100. The quantitative estimate of drug-likeness (QED) is 0.535. The van der Waals surface area contributed by atoms with Gasteiger partial charge in [-0.3, -0.25) is 9.59 Å². The van der Waals surface area contributed by atoms with E-state index in [4.69, 9.17) is 9.47 Å². The first-order valence-corrected chi connectivity index (χ1v) is 11.4. The minimum atomic E-state index is -0.790. The first-order valence-electron chi connectivity index (χ1n) is 11.4. The Morgan fingerprint density at radius 2 is 1.62 bits per heavy atom. The zero-order valence-electron chi connectivity index (χ0n) is 19.2. The van der Waals surface area contributed by atoms with Gasteiger partial charge in [-0.25, -0.2) is 0 Å². The van der Waals surface area contributed by atoms with Crippen molar-refractivity contribution in [3.05, 3.63) is 90.0 Å². The van der Waals surface area contributed by atoms with Crippen LogP contribution < -0.4 is 20.3 Å². The molecule has 7 nitrogen and oxygen atoms in total. The summed E-state index contributed by atoms with van der Waals surface area (Å²) in [6, 6.07) is 24.3. The van der Waals surface area contributed by atoms with Gasteiger partial charge in [-0.2, -0.15) is 0 Å². The van der Waals surface area contributed by atoms with Crippen LogP contribution in [-0.2, 0) is 16.1 Å². The highest BCUT2D eigenvalue weighted by Gasteiger charge is 2.19. The highest BCUT2D eigenvalue weighted by Crippen LogP contribution is 2.22. The molecule has 7 heteroatoms. The standard InChI is InChI=1S/C27H29N3O4/c1-20(26(31)29-22-11-13-23(14-12-22)30-15-17-33-18-16-30)34-25-10-6-5-9-24(25)27(32)28-19-21-7-3-2-4-8-21/h2-14,20H,15-19H2,1H3,(H,28,32)(H,29,31)/t20-/m0/s1. The highest BCUT2D eigenvalue weighted by molar-refractivity contribution is 5.97. The van der Waals surface area contributed by atoms with Crippen LogP contribution in [0.25, 0.3) is 0 Å². The highest BCUT2D eigenvalue weighted by atomic mass is 16.5. The normalized spacial score (nSPS) is 14.2. The third-order valence-electron chi connectivity index (χ3n) is 5.61. The fraction of sp³-hybridized carbons (Fsp3) is 0.259. The number of amides is 2. The van der Waals surface area contributed by atoms with Crippen LogP contribution in [0.3, 0.4) is 0 Å². The number of carbonyl (C=O) groups excluding carboxylic acids is 2. The SMILES string of the molecule is C[C@H](Oc1ccccc1C(=O)NCc1ccccc1)C(=O)Nc1ccc(N2CCOCC2)cc1. The molecular weight excluding hydrogens is 430 g/mol. The molecule has 0 radical (unpaired) electrons. The lowest BCUT2D eigenvalue weighted by Gasteiger charge is -2.29. The maximum atomic E-state index is 12.7. The largest absolute Gasteiger partial charge is 0.480 e. The van der Waals surface area contributed by atoms with Crippen molar-refractivity contribution < 1.29 is 19.1 Å². The van der Waals surface area contributed by atoms with E-state index in [0.29, 0.717) is 23.5 Å². The molecule has 1 atom stereocenters. The molecule has 4 rings (SSSR count). The van der Waals surface area contributed by atoms with Crippen LogP contribution in [0.2, 0.25) is 0 Å². The van der Waals surface area contributed by atoms with E-state index in [1.165, 1.54) is 0 Å². The average Bonchev–Trinajstić information content (AvgIpc) is 2.89. The molecule has 176 valence electrons. The van der Waals surface area contributed by atoms with Crippen molar-refractivity contribution in [2.75, 3.05) is 36.5 Å². The summed E-state index contributed by atoms with van der Waals surface area (Å²) in [7, 11) is 0. The van der Waals surface area contributed by atoms with Gasteiger partial charge in [0, 0.05) is 31.0 Å². The molecule has 2 amide bonds.